The van der Waals surface area contributed by atoms with Crippen LogP contribution in [0.5, 0.6) is 0 Å². The van der Waals surface area contributed by atoms with Gasteiger partial charge in [-0.2, -0.15) is 0 Å². The van der Waals surface area contributed by atoms with Crippen molar-refractivity contribution in [1.82, 2.24) is 4.98 Å². The number of nitrogens with one attached hydrogen (secondary N) is 1. The Morgan fingerprint density at radius 1 is 0.944 bits per heavy atom. The highest BCUT2D eigenvalue weighted by atomic mass is 79.9. The van der Waals surface area contributed by atoms with Gasteiger partial charge in [-0.15, -0.1) is 0 Å². The Bertz CT molecular complexity index is 732. The molecular formula is C16H16BrN. The molecule has 0 aliphatic heterocycles. The van der Waals surface area contributed by atoms with E-state index in [9.17, 15) is 0 Å². The lowest BCUT2D eigenvalue weighted by Gasteiger charge is -2.21. The van der Waals surface area contributed by atoms with E-state index in [1.165, 1.54) is 31.8 Å². The first kappa shape index (κ1) is 11.8. The average Bonchev–Trinajstić information content (AvgIpc) is 2.64. The van der Waals surface area contributed by atoms with Crippen molar-refractivity contribution in [1.29, 1.82) is 0 Å². The van der Waals surface area contributed by atoms with Crippen LogP contribution in [0, 0.1) is 0 Å². The van der Waals surface area contributed by atoms with Crippen molar-refractivity contribution in [2.24, 2.45) is 0 Å². The third kappa shape index (κ3) is 1.67. The zero-order valence-corrected chi connectivity index (χ0v) is 12.4. The largest absolute Gasteiger partial charge is 0.354 e. The van der Waals surface area contributed by atoms with E-state index >= 15 is 0 Å². The zero-order valence-electron chi connectivity index (χ0n) is 10.8. The summed E-state index contributed by atoms with van der Waals surface area (Å²) in [5, 5.41) is 2.60. The van der Waals surface area contributed by atoms with E-state index in [4.69, 9.17) is 0 Å². The van der Waals surface area contributed by atoms with Crippen LogP contribution in [0.15, 0.2) is 40.9 Å². The molecule has 0 unspecified atom stereocenters. The van der Waals surface area contributed by atoms with Gasteiger partial charge >= 0.3 is 0 Å². The Morgan fingerprint density at radius 3 is 2.39 bits per heavy atom. The molecule has 2 aromatic carbocycles. The Balaban J connectivity index is 2.52. The van der Waals surface area contributed by atoms with Crippen LogP contribution in [0.1, 0.15) is 26.3 Å². The first-order chi connectivity index (χ1) is 8.48. The van der Waals surface area contributed by atoms with Crippen LogP contribution >= 0.6 is 15.9 Å². The molecule has 0 atom stereocenters. The Hall–Kier alpha value is -1.28. The lowest BCUT2D eigenvalue weighted by atomic mass is 9.85. The molecule has 0 radical (unpaired) electrons. The first-order valence-corrected chi connectivity index (χ1v) is 6.97. The molecule has 0 amide bonds. The van der Waals surface area contributed by atoms with Crippen molar-refractivity contribution < 1.29 is 0 Å². The highest BCUT2D eigenvalue weighted by Gasteiger charge is 2.21. The van der Waals surface area contributed by atoms with Gasteiger partial charge in [0.05, 0.1) is 5.52 Å². The number of para-hydroxylation sites is 1. The van der Waals surface area contributed by atoms with Gasteiger partial charge in [0.2, 0.25) is 0 Å². The lowest BCUT2D eigenvalue weighted by Crippen LogP contribution is -2.12. The summed E-state index contributed by atoms with van der Waals surface area (Å²) in [5.41, 5.74) is 3.91. The second-order valence-electron chi connectivity index (χ2n) is 5.77. The number of hydrogen-bond donors (Lipinski definition) is 1. The second kappa shape index (κ2) is 3.86. The maximum atomic E-state index is 3.69. The summed E-state index contributed by atoms with van der Waals surface area (Å²) in [6.45, 7) is 6.74. The standard InChI is InChI=1S/C16H16BrN/c1-16(2,3)14-12(17)9-8-11-10-6-4-5-7-13(10)18-15(11)14/h4-9,18H,1-3H3. The van der Waals surface area contributed by atoms with Gasteiger partial charge in [0.25, 0.3) is 0 Å². The number of benzene rings is 2. The lowest BCUT2D eigenvalue weighted by molar-refractivity contribution is 0.592. The number of fused-ring (bicyclic) bond motifs is 3. The first-order valence-electron chi connectivity index (χ1n) is 6.18. The molecule has 0 aliphatic rings. The van der Waals surface area contributed by atoms with E-state index in [2.05, 4.69) is 78.1 Å². The molecule has 3 rings (SSSR count). The molecule has 0 saturated heterocycles. The molecule has 0 bridgehead atoms. The number of aromatic nitrogens is 1. The van der Waals surface area contributed by atoms with E-state index in [0.717, 1.165) is 0 Å². The van der Waals surface area contributed by atoms with Crippen LogP contribution in [0.3, 0.4) is 0 Å². The van der Waals surface area contributed by atoms with E-state index < -0.39 is 0 Å². The second-order valence-corrected chi connectivity index (χ2v) is 6.62. The minimum absolute atomic E-state index is 0.110. The Kier molecular flexibility index (Phi) is 2.53. The molecule has 2 heteroatoms. The van der Waals surface area contributed by atoms with Crippen molar-refractivity contribution in [3.63, 3.8) is 0 Å². The number of aromatic amines is 1. The monoisotopic (exact) mass is 301 g/mol. The van der Waals surface area contributed by atoms with E-state index in [1.54, 1.807) is 0 Å². The smallest absolute Gasteiger partial charge is 0.0514 e. The summed E-state index contributed by atoms with van der Waals surface area (Å²) in [4.78, 5) is 3.56. The van der Waals surface area contributed by atoms with Crippen molar-refractivity contribution in [2.45, 2.75) is 26.2 Å². The van der Waals surface area contributed by atoms with Crippen LogP contribution in [0.2, 0.25) is 0 Å². The normalized spacial score (nSPS) is 12.4. The number of H-pyrrole nitrogens is 1. The molecule has 0 spiro atoms. The zero-order chi connectivity index (χ0) is 12.9. The van der Waals surface area contributed by atoms with Crippen LogP contribution in [-0.2, 0) is 5.41 Å². The van der Waals surface area contributed by atoms with Gasteiger partial charge in [-0.3, -0.25) is 0 Å². The summed E-state index contributed by atoms with van der Waals surface area (Å²) < 4.78 is 1.18. The SMILES string of the molecule is CC(C)(C)c1c(Br)ccc2c1[nH]c1ccccc12. The van der Waals surface area contributed by atoms with Crippen LogP contribution < -0.4 is 0 Å². The quantitative estimate of drug-likeness (QED) is 0.574. The fourth-order valence-corrected chi connectivity index (χ4v) is 3.55. The minimum Gasteiger partial charge on any atom is -0.354 e. The molecular weight excluding hydrogens is 286 g/mol. The van der Waals surface area contributed by atoms with E-state index in [-0.39, 0.29) is 5.41 Å². The predicted molar refractivity (Wildman–Crippen MR) is 82.2 cm³/mol. The Labute approximate surface area is 115 Å². The predicted octanol–water partition coefficient (Wildman–Crippen LogP) is 5.38. The summed E-state index contributed by atoms with van der Waals surface area (Å²) in [5.74, 6) is 0. The van der Waals surface area contributed by atoms with Gasteiger partial charge in [0.15, 0.2) is 0 Å². The summed E-state index contributed by atoms with van der Waals surface area (Å²) in [7, 11) is 0. The fourth-order valence-electron chi connectivity index (χ4n) is 2.63. The molecule has 1 nitrogen and oxygen atoms in total. The van der Waals surface area contributed by atoms with Gasteiger partial charge < -0.3 is 4.98 Å². The van der Waals surface area contributed by atoms with Crippen LogP contribution in [0.4, 0.5) is 0 Å². The number of rotatable bonds is 0. The van der Waals surface area contributed by atoms with Gasteiger partial charge in [0.1, 0.15) is 0 Å². The van der Waals surface area contributed by atoms with E-state index in [1.807, 2.05) is 0 Å². The highest BCUT2D eigenvalue weighted by Crippen LogP contribution is 2.38. The molecule has 1 aromatic heterocycles. The average molecular weight is 302 g/mol. The molecule has 92 valence electrons. The third-order valence-electron chi connectivity index (χ3n) is 3.38. The van der Waals surface area contributed by atoms with Crippen molar-refractivity contribution in [2.75, 3.05) is 0 Å². The van der Waals surface area contributed by atoms with Gasteiger partial charge in [0, 0.05) is 20.8 Å². The van der Waals surface area contributed by atoms with E-state index in [0.29, 0.717) is 0 Å². The van der Waals surface area contributed by atoms with Crippen LogP contribution in [-0.4, -0.2) is 4.98 Å². The molecule has 0 fully saturated rings. The molecule has 1 heterocycles. The fraction of sp³-hybridized carbons (Fsp3) is 0.250. The minimum atomic E-state index is 0.110. The molecule has 0 saturated carbocycles. The Morgan fingerprint density at radius 2 is 1.67 bits per heavy atom. The molecule has 3 aromatic rings. The topological polar surface area (TPSA) is 15.8 Å². The molecule has 18 heavy (non-hydrogen) atoms. The summed E-state index contributed by atoms with van der Waals surface area (Å²) in [6, 6.07) is 12.8. The number of halogens is 1. The number of hydrogen-bond acceptors (Lipinski definition) is 0. The summed E-state index contributed by atoms with van der Waals surface area (Å²) in [6.07, 6.45) is 0. The van der Waals surface area contributed by atoms with Gasteiger partial charge in [-0.25, -0.2) is 0 Å². The molecule has 1 N–H and O–H groups in total. The van der Waals surface area contributed by atoms with Gasteiger partial charge in [-0.1, -0.05) is 61.0 Å². The van der Waals surface area contributed by atoms with Crippen molar-refractivity contribution >= 4 is 37.7 Å². The third-order valence-corrected chi connectivity index (χ3v) is 4.04. The van der Waals surface area contributed by atoms with Crippen molar-refractivity contribution in [3.8, 4) is 0 Å². The maximum Gasteiger partial charge on any atom is 0.0514 e. The highest BCUT2D eigenvalue weighted by molar-refractivity contribution is 9.10. The maximum absolute atomic E-state index is 3.69. The molecule has 0 aliphatic carbocycles. The van der Waals surface area contributed by atoms with Crippen molar-refractivity contribution in [3.05, 3.63) is 46.4 Å². The summed E-state index contributed by atoms with van der Waals surface area (Å²) >= 11 is 3.69. The van der Waals surface area contributed by atoms with Gasteiger partial charge in [-0.05, 0) is 23.1 Å². The van der Waals surface area contributed by atoms with Crippen LogP contribution in [0.25, 0.3) is 21.8 Å².